The molecule has 2 unspecified atom stereocenters. The molecule has 8 heteroatoms. The predicted octanol–water partition coefficient (Wildman–Crippen LogP) is 1.20. The highest BCUT2D eigenvalue weighted by Crippen LogP contribution is 2.37. The number of thioether (sulfide) groups is 1. The van der Waals surface area contributed by atoms with E-state index in [9.17, 15) is 18.3 Å². The molecule has 0 aliphatic carbocycles. The van der Waals surface area contributed by atoms with Gasteiger partial charge in [0.1, 0.15) is 6.04 Å². The van der Waals surface area contributed by atoms with Gasteiger partial charge in [0.05, 0.1) is 5.37 Å². The Morgan fingerprint density at radius 2 is 1.85 bits per heavy atom. The van der Waals surface area contributed by atoms with Gasteiger partial charge >= 0.3 is 5.97 Å². The molecule has 0 aromatic carbocycles. The van der Waals surface area contributed by atoms with Crippen LogP contribution < -0.4 is 0 Å². The Morgan fingerprint density at radius 3 is 2.35 bits per heavy atom. The van der Waals surface area contributed by atoms with Crippen LogP contribution in [0.25, 0.3) is 0 Å². The van der Waals surface area contributed by atoms with E-state index < -0.39 is 22.2 Å². The van der Waals surface area contributed by atoms with Crippen LogP contribution in [0, 0.1) is 5.92 Å². The first-order valence-electron chi connectivity index (χ1n) is 6.98. The SMILES string of the molecule is CC(C)C1SCC(C(=O)O)N1S(=O)(=O)N1CCCCC1. The topological polar surface area (TPSA) is 77.9 Å². The second-order valence-corrected chi connectivity index (χ2v) is 8.60. The molecule has 2 heterocycles. The molecule has 2 fully saturated rings. The van der Waals surface area contributed by atoms with Crippen LogP contribution in [0.5, 0.6) is 0 Å². The van der Waals surface area contributed by atoms with Crippen LogP contribution in [-0.4, -0.2) is 58.4 Å². The maximum absolute atomic E-state index is 12.8. The first kappa shape index (κ1) is 16.1. The van der Waals surface area contributed by atoms with Crippen LogP contribution in [0.2, 0.25) is 0 Å². The first-order chi connectivity index (χ1) is 9.35. The third-order valence-electron chi connectivity index (χ3n) is 3.75. The van der Waals surface area contributed by atoms with E-state index in [1.54, 1.807) is 0 Å². The molecule has 1 N–H and O–H groups in total. The summed E-state index contributed by atoms with van der Waals surface area (Å²) in [5.74, 6) is -0.643. The van der Waals surface area contributed by atoms with Crippen molar-refractivity contribution in [1.82, 2.24) is 8.61 Å². The van der Waals surface area contributed by atoms with Gasteiger partial charge in [0, 0.05) is 18.8 Å². The van der Waals surface area contributed by atoms with E-state index in [0.29, 0.717) is 18.8 Å². The van der Waals surface area contributed by atoms with Crippen LogP contribution in [0.15, 0.2) is 0 Å². The van der Waals surface area contributed by atoms with Crippen LogP contribution in [0.4, 0.5) is 0 Å². The van der Waals surface area contributed by atoms with Crippen molar-refractivity contribution in [2.45, 2.75) is 44.5 Å². The first-order valence-corrected chi connectivity index (χ1v) is 9.43. The summed E-state index contributed by atoms with van der Waals surface area (Å²) < 4.78 is 28.3. The molecule has 0 aromatic rings. The van der Waals surface area contributed by atoms with Crippen molar-refractivity contribution in [3.8, 4) is 0 Å². The Balaban J connectivity index is 2.30. The van der Waals surface area contributed by atoms with Crippen molar-refractivity contribution >= 4 is 27.9 Å². The fourth-order valence-electron chi connectivity index (χ4n) is 2.70. The number of piperidine rings is 1. The molecule has 0 radical (unpaired) electrons. The third-order valence-corrected chi connectivity index (χ3v) is 7.53. The summed E-state index contributed by atoms with van der Waals surface area (Å²) in [6.45, 7) is 4.86. The van der Waals surface area contributed by atoms with Gasteiger partial charge in [-0.3, -0.25) is 4.79 Å². The number of carboxylic acids is 1. The number of aliphatic carboxylic acids is 1. The summed E-state index contributed by atoms with van der Waals surface area (Å²) in [6, 6.07) is -0.945. The summed E-state index contributed by atoms with van der Waals surface area (Å²) in [4.78, 5) is 11.4. The molecule has 0 spiro atoms. The number of carboxylic acid groups (broad SMARTS) is 1. The highest BCUT2D eigenvalue weighted by atomic mass is 32.2. The molecular formula is C12H22N2O4S2. The van der Waals surface area contributed by atoms with E-state index in [1.807, 2.05) is 13.8 Å². The lowest BCUT2D eigenvalue weighted by Crippen LogP contribution is -2.53. The van der Waals surface area contributed by atoms with Gasteiger partial charge in [0.15, 0.2) is 0 Å². The van der Waals surface area contributed by atoms with Gasteiger partial charge < -0.3 is 5.11 Å². The molecule has 2 atom stereocenters. The molecule has 6 nitrogen and oxygen atoms in total. The minimum absolute atomic E-state index is 0.0870. The van der Waals surface area contributed by atoms with Gasteiger partial charge in [-0.2, -0.15) is 17.0 Å². The number of hydrogen-bond donors (Lipinski definition) is 1. The van der Waals surface area contributed by atoms with Gasteiger partial charge in [-0.05, 0) is 18.8 Å². The molecule has 2 aliphatic rings. The average Bonchev–Trinajstić information content (AvgIpc) is 2.85. The third kappa shape index (κ3) is 2.98. The number of rotatable bonds is 4. The lowest BCUT2D eigenvalue weighted by molar-refractivity contribution is -0.140. The molecule has 2 aliphatic heterocycles. The molecule has 2 rings (SSSR count). The summed E-state index contributed by atoms with van der Waals surface area (Å²) in [6.07, 6.45) is 2.74. The van der Waals surface area contributed by atoms with Crippen LogP contribution >= 0.6 is 11.8 Å². The van der Waals surface area contributed by atoms with Gasteiger partial charge in [0.2, 0.25) is 0 Å². The second-order valence-electron chi connectivity index (χ2n) is 5.62. The van der Waals surface area contributed by atoms with Crippen LogP contribution in [-0.2, 0) is 15.0 Å². The van der Waals surface area contributed by atoms with Crippen molar-refractivity contribution < 1.29 is 18.3 Å². The van der Waals surface area contributed by atoms with Crippen LogP contribution in [0.3, 0.4) is 0 Å². The predicted molar refractivity (Wildman–Crippen MR) is 78.7 cm³/mol. The Bertz CT molecular complexity index is 460. The Kier molecular flexibility index (Phi) is 4.99. The van der Waals surface area contributed by atoms with Gasteiger partial charge in [-0.1, -0.05) is 20.3 Å². The van der Waals surface area contributed by atoms with Crippen molar-refractivity contribution in [1.29, 1.82) is 0 Å². The number of hydrogen-bond acceptors (Lipinski definition) is 4. The van der Waals surface area contributed by atoms with Crippen molar-refractivity contribution in [2.75, 3.05) is 18.8 Å². The normalized spacial score (nSPS) is 29.9. The molecular weight excluding hydrogens is 300 g/mol. The molecule has 20 heavy (non-hydrogen) atoms. The van der Waals surface area contributed by atoms with E-state index in [0.717, 1.165) is 19.3 Å². The van der Waals surface area contributed by atoms with E-state index >= 15 is 0 Å². The fraction of sp³-hybridized carbons (Fsp3) is 0.917. The lowest BCUT2D eigenvalue weighted by Gasteiger charge is -2.35. The maximum atomic E-state index is 12.8. The van der Waals surface area contributed by atoms with E-state index in [-0.39, 0.29) is 11.3 Å². The zero-order valence-electron chi connectivity index (χ0n) is 11.9. The zero-order valence-corrected chi connectivity index (χ0v) is 13.5. The smallest absolute Gasteiger partial charge is 0.322 e. The van der Waals surface area contributed by atoms with E-state index in [1.165, 1.54) is 20.4 Å². The van der Waals surface area contributed by atoms with Gasteiger partial charge in [-0.25, -0.2) is 0 Å². The maximum Gasteiger partial charge on any atom is 0.322 e. The van der Waals surface area contributed by atoms with Gasteiger partial charge in [-0.15, -0.1) is 11.8 Å². The Hall–Kier alpha value is -0.310. The van der Waals surface area contributed by atoms with E-state index in [2.05, 4.69) is 0 Å². The minimum Gasteiger partial charge on any atom is -0.480 e. The van der Waals surface area contributed by atoms with Crippen molar-refractivity contribution in [3.63, 3.8) is 0 Å². The van der Waals surface area contributed by atoms with Crippen LogP contribution in [0.1, 0.15) is 33.1 Å². The molecule has 2 saturated heterocycles. The lowest BCUT2D eigenvalue weighted by atomic mass is 10.2. The summed E-state index contributed by atoms with van der Waals surface area (Å²) in [5.41, 5.74) is 0. The van der Waals surface area contributed by atoms with Crippen molar-refractivity contribution in [3.05, 3.63) is 0 Å². The number of nitrogens with zero attached hydrogens (tertiary/aromatic N) is 2. The minimum atomic E-state index is -3.69. The van der Waals surface area contributed by atoms with Crippen molar-refractivity contribution in [2.24, 2.45) is 5.92 Å². The number of carbonyl (C=O) groups is 1. The summed E-state index contributed by atoms with van der Waals surface area (Å²) >= 11 is 1.43. The summed E-state index contributed by atoms with van der Waals surface area (Å²) in [7, 11) is -3.69. The molecule has 0 amide bonds. The van der Waals surface area contributed by atoms with E-state index in [4.69, 9.17) is 0 Å². The quantitative estimate of drug-likeness (QED) is 0.841. The fourth-order valence-corrected chi connectivity index (χ4v) is 6.64. The molecule has 0 saturated carbocycles. The highest BCUT2D eigenvalue weighted by Gasteiger charge is 2.48. The summed E-state index contributed by atoms with van der Waals surface area (Å²) in [5, 5.41) is 9.02. The zero-order chi connectivity index (χ0) is 14.9. The highest BCUT2D eigenvalue weighted by molar-refractivity contribution is 8.01. The Labute approximate surface area is 124 Å². The Morgan fingerprint density at radius 1 is 1.25 bits per heavy atom. The second kappa shape index (κ2) is 6.21. The largest absolute Gasteiger partial charge is 0.480 e. The molecule has 116 valence electrons. The standard InChI is InChI=1S/C12H22N2O4S2/c1-9(2)11-14(10(8-19-11)12(15)16)20(17,18)13-6-4-3-5-7-13/h9-11H,3-8H2,1-2H3,(H,15,16). The van der Waals surface area contributed by atoms with Gasteiger partial charge in [0.25, 0.3) is 10.2 Å². The molecule has 0 bridgehead atoms. The molecule has 0 aromatic heterocycles. The monoisotopic (exact) mass is 322 g/mol. The average molecular weight is 322 g/mol.